The van der Waals surface area contributed by atoms with E-state index in [0.29, 0.717) is 5.25 Å². The Balaban J connectivity index is 2.28. The number of hydrogen-bond donors (Lipinski definition) is 2. The SMILES string of the molecule is CSC1CCCC1NC(=O)NCC(F)(F)F. The fourth-order valence-corrected chi connectivity index (χ4v) is 2.71. The lowest BCUT2D eigenvalue weighted by molar-refractivity contribution is -0.122. The molecule has 0 aliphatic heterocycles. The van der Waals surface area contributed by atoms with Gasteiger partial charge in [-0.2, -0.15) is 24.9 Å². The molecule has 0 radical (unpaired) electrons. The zero-order valence-corrected chi connectivity index (χ0v) is 9.75. The van der Waals surface area contributed by atoms with E-state index in [1.54, 1.807) is 11.8 Å². The van der Waals surface area contributed by atoms with Gasteiger partial charge in [-0.05, 0) is 19.1 Å². The van der Waals surface area contributed by atoms with E-state index in [4.69, 9.17) is 0 Å². The van der Waals surface area contributed by atoms with Crippen LogP contribution in [0.1, 0.15) is 19.3 Å². The number of rotatable bonds is 3. The Morgan fingerprint density at radius 1 is 1.44 bits per heavy atom. The quantitative estimate of drug-likeness (QED) is 0.812. The van der Waals surface area contributed by atoms with Crippen molar-refractivity contribution in [1.29, 1.82) is 0 Å². The van der Waals surface area contributed by atoms with Crippen molar-refractivity contribution in [1.82, 2.24) is 10.6 Å². The summed E-state index contributed by atoms with van der Waals surface area (Å²) in [6.07, 6.45) is 0.441. The van der Waals surface area contributed by atoms with Gasteiger partial charge in [0.1, 0.15) is 6.54 Å². The summed E-state index contributed by atoms with van der Waals surface area (Å²) in [7, 11) is 0. The van der Waals surface area contributed by atoms with Crippen molar-refractivity contribution in [3.63, 3.8) is 0 Å². The third-order valence-electron chi connectivity index (χ3n) is 2.52. The molecule has 1 saturated carbocycles. The summed E-state index contributed by atoms with van der Waals surface area (Å²) >= 11 is 1.64. The van der Waals surface area contributed by atoms with Gasteiger partial charge < -0.3 is 10.6 Å². The van der Waals surface area contributed by atoms with Crippen molar-refractivity contribution in [3.8, 4) is 0 Å². The zero-order valence-electron chi connectivity index (χ0n) is 8.93. The first-order valence-corrected chi connectivity index (χ1v) is 6.35. The molecule has 0 aromatic carbocycles. The van der Waals surface area contributed by atoms with Gasteiger partial charge in [-0.15, -0.1) is 0 Å². The summed E-state index contributed by atoms with van der Waals surface area (Å²) in [5, 5.41) is 4.71. The van der Waals surface area contributed by atoms with Crippen LogP contribution in [0.5, 0.6) is 0 Å². The molecule has 3 nitrogen and oxygen atoms in total. The van der Waals surface area contributed by atoms with Gasteiger partial charge in [0.2, 0.25) is 0 Å². The topological polar surface area (TPSA) is 41.1 Å². The lowest BCUT2D eigenvalue weighted by Crippen LogP contribution is -2.47. The fourth-order valence-electron chi connectivity index (χ4n) is 1.77. The molecule has 16 heavy (non-hydrogen) atoms. The predicted molar refractivity (Wildman–Crippen MR) is 57.5 cm³/mol. The van der Waals surface area contributed by atoms with Crippen molar-refractivity contribution in [2.24, 2.45) is 0 Å². The molecule has 1 aliphatic carbocycles. The van der Waals surface area contributed by atoms with Crippen LogP contribution in [0.15, 0.2) is 0 Å². The van der Waals surface area contributed by atoms with E-state index in [9.17, 15) is 18.0 Å². The summed E-state index contributed by atoms with van der Waals surface area (Å²) in [5.74, 6) is 0. The average Bonchev–Trinajstić information content (AvgIpc) is 2.61. The van der Waals surface area contributed by atoms with E-state index >= 15 is 0 Å². The minimum Gasteiger partial charge on any atom is -0.334 e. The Morgan fingerprint density at radius 3 is 2.69 bits per heavy atom. The second kappa shape index (κ2) is 5.65. The molecule has 1 rings (SSSR count). The molecule has 2 N–H and O–H groups in total. The van der Waals surface area contributed by atoms with E-state index in [2.05, 4.69) is 5.32 Å². The highest BCUT2D eigenvalue weighted by Crippen LogP contribution is 2.28. The Morgan fingerprint density at radius 2 is 2.12 bits per heavy atom. The lowest BCUT2D eigenvalue weighted by Gasteiger charge is -2.19. The van der Waals surface area contributed by atoms with Crippen LogP contribution in [-0.4, -0.2) is 36.3 Å². The summed E-state index contributed by atoms with van der Waals surface area (Å²) in [6, 6.07) is -0.744. The van der Waals surface area contributed by atoms with Gasteiger partial charge >= 0.3 is 12.2 Å². The smallest absolute Gasteiger partial charge is 0.334 e. The molecule has 0 heterocycles. The van der Waals surface area contributed by atoms with Crippen molar-refractivity contribution in [3.05, 3.63) is 0 Å². The van der Waals surface area contributed by atoms with Crippen molar-refractivity contribution in [2.75, 3.05) is 12.8 Å². The maximum Gasteiger partial charge on any atom is 0.405 e. The van der Waals surface area contributed by atoms with Gasteiger partial charge in [0.05, 0.1) is 0 Å². The number of hydrogen-bond acceptors (Lipinski definition) is 2. The Hall–Kier alpha value is -0.590. The molecule has 2 atom stereocenters. The minimum atomic E-state index is -4.36. The molecule has 94 valence electrons. The number of alkyl halides is 3. The van der Waals surface area contributed by atoms with Gasteiger partial charge in [-0.3, -0.25) is 0 Å². The molecule has 2 unspecified atom stereocenters. The maximum absolute atomic E-state index is 11.8. The van der Waals surface area contributed by atoms with Crippen LogP contribution in [0.25, 0.3) is 0 Å². The molecule has 0 saturated heterocycles. The first kappa shape index (κ1) is 13.5. The number of thioether (sulfide) groups is 1. The molecule has 0 aromatic rings. The fraction of sp³-hybridized carbons (Fsp3) is 0.889. The number of urea groups is 1. The van der Waals surface area contributed by atoms with Gasteiger partial charge in [-0.25, -0.2) is 4.79 Å². The van der Waals surface area contributed by atoms with E-state index in [1.165, 1.54) is 0 Å². The Labute approximate surface area is 96.5 Å². The number of carbonyl (C=O) groups excluding carboxylic acids is 1. The molecule has 1 aliphatic rings. The highest BCUT2D eigenvalue weighted by molar-refractivity contribution is 7.99. The highest BCUT2D eigenvalue weighted by Gasteiger charge is 2.30. The van der Waals surface area contributed by atoms with Crippen molar-refractivity contribution < 1.29 is 18.0 Å². The monoisotopic (exact) mass is 256 g/mol. The van der Waals surface area contributed by atoms with E-state index in [1.807, 2.05) is 11.6 Å². The van der Waals surface area contributed by atoms with Crippen LogP contribution < -0.4 is 10.6 Å². The third kappa shape index (κ3) is 4.51. The summed E-state index contributed by atoms with van der Waals surface area (Å²) in [4.78, 5) is 11.2. The van der Waals surface area contributed by atoms with Crippen LogP contribution in [-0.2, 0) is 0 Å². The van der Waals surface area contributed by atoms with E-state index in [0.717, 1.165) is 19.3 Å². The van der Waals surface area contributed by atoms with Crippen molar-refractivity contribution in [2.45, 2.75) is 36.7 Å². The Bertz CT molecular complexity index is 247. The lowest BCUT2D eigenvalue weighted by atomic mass is 10.2. The predicted octanol–water partition coefficient (Wildman–Crippen LogP) is 2.13. The molecule has 0 bridgehead atoms. The number of nitrogens with one attached hydrogen (secondary N) is 2. The minimum absolute atomic E-state index is 0.0109. The summed E-state index contributed by atoms with van der Waals surface area (Å²) in [6.45, 7) is -1.28. The largest absolute Gasteiger partial charge is 0.405 e. The van der Waals surface area contributed by atoms with Crippen LogP contribution in [0.4, 0.5) is 18.0 Å². The summed E-state index contributed by atoms with van der Waals surface area (Å²) in [5.41, 5.74) is 0. The van der Waals surface area contributed by atoms with Crippen LogP contribution >= 0.6 is 11.8 Å². The molecule has 0 spiro atoms. The second-order valence-electron chi connectivity index (χ2n) is 3.75. The average molecular weight is 256 g/mol. The van der Waals surface area contributed by atoms with Crippen molar-refractivity contribution >= 4 is 17.8 Å². The van der Waals surface area contributed by atoms with E-state index in [-0.39, 0.29) is 6.04 Å². The number of carbonyl (C=O) groups is 1. The summed E-state index contributed by atoms with van der Waals surface area (Å²) < 4.78 is 35.5. The highest BCUT2D eigenvalue weighted by atomic mass is 32.2. The standard InChI is InChI=1S/C9H15F3N2OS/c1-16-7-4-2-3-6(7)14-8(15)13-5-9(10,11)12/h6-7H,2-5H2,1H3,(H2,13,14,15). The van der Waals surface area contributed by atoms with Gasteiger partial charge in [-0.1, -0.05) is 6.42 Å². The molecular formula is C9H15F3N2OS. The molecule has 2 amide bonds. The van der Waals surface area contributed by atoms with Gasteiger partial charge in [0, 0.05) is 11.3 Å². The maximum atomic E-state index is 11.8. The van der Waals surface area contributed by atoms with Crippen LogP contribution in [0.2, 0.25) is 0 Å². The van der Waals surface area contributed by atoms with E-state index < -0.39 is 18.8 Å². The zero-order chi connectivity index (χ0) is 12.2. The van der Waals surface area contributed by atoms with Gasteiger partial charge in [0.15, 0.2) is 0 Å². The third-order valence-corrected chi connectivity index (χ3v) is 3.69. The first-order valence-electron chi connectivity index (χ1n) is 5.06. The normalized spacial score (nSPS) is 25.5. The molecular weight excluding hydrogens is 241 g/mol. The van der Waals surface area contributed by atoms with Gasteiger partial charge in [0.25, 0.3) is 0 Å². The first-order chi connectivity index (χ1) is 7.42. The molecule has 1 fully saturated rings. The van der Waals surface area contributed by atoms with Crippen LogP contribution in [0, 0.1) is 0 Å². The number of amides is 2. The molecule has 7 heteroatoms. The second-order valence-corrected chi connectivity index (χ2v) is 4.83. The van der Waals surface area contributed by atoms with Crippen LogP contribution in [0.3, 0.4) is 0 Å². The number of halogens is 3. The molecule has 0 aromatic heterocycles. The Kier molecular flexibility index (Phi) is 4.76.